The molecular formula is C52H50. The van der Waals surface area contributed by atoms with Crippen molar-refractivity contribution in [1.29, 1.82) is 0 Å². The summed E-state index contributed by atoms with van der Waals surface area (Å²) < 4.78 is 0. The summed E-state index contributed by atoms with van der Waals surface area (Å²) in [6, 6.07) is 53.2. The second-order valence-corrected chi connectivity index (χ2v) is 17.9. The van der Waals surface area contributed by atoms with Gasteiger partial charge in [0.05, 0.1) is 0 Å². The van der Waals surface area contributed by atoms with Gasteiger partial charge in [-0.05, 0) is 134 Å². The van der Waals surface area contributed by atoms with Gasteiger partial charge in [0, 0.05) is 0 Å². The highest BCUT2D eigenvalue weighted by molar-refractivity contribution is 6.18. The second kappa shape index (κ2) is 12.2. The molecule has 0 bridgehead atoms. The molecule has 0 atom stereocenters. The van der Waals surface area contributed by atoms with Crippen LogP contribution in [0, 0.1) is 0 Å². The molecule has 8 rings (SSSR count). The van der Waals surface area contributed by atoms with Crippen LogP contribution >= 0.6 is 0 Å². The third kappa shape index (κ3) is 5.89. The van der Waals surface area contributed by atoms with Gasteiger partial charge in [0.15, 0.2) is 0 Å². The van der Waals surface area contributed by atoms with Crippen molar-refractivity contribution in [2.75, 3.05) is 0 Å². The van der Waals surface area contributed by atoms with Gasteiger partial charge in [-0.1, -0.05) is 178 Å². The average molecular weight is 675 g/mol. The molecule has 0 radical (unpaired) electrons. The van der Waals surface area contributed by atoms with E-state index in [9.17, 15) is 0 Å². The Balaban J connectivity index is 1.54. The Kier molecular flexibility index (Phi) is 7.96. The topological polar surface area (TPSA) is 0 Å². The minimum absolute atomic E-state index is 0.0107. The normalized spacial score (nSPS) is 12.7. The number of rotatable bonds is 3. The lowest BCUT2D eigenvalue weighted by atomic mass is 9.77. The zero-order chi connectivity index (χ0) is 36.6. The molecule has 258 valence electrons. The van der Waals surface area contributed by atoms with Gasteiger partial charge in [0.1, 0.15) is 0 Å². The zero-order valence-corrected chi connectivity index (χ0v) is 32.3. The van der Waals surface area contributed by atoms with Gasteiger partial charge in [-0.3, -0.25) is 0 Å². The molecule has 0 aliphatic heterocycles. The van der Waals surface area contributed by atoms with Crippen LogP contribution in [0.5, 0.6) is 0 Å². The van der Waals surface area contributed by atoms with E-state index in [1.54, 1.807) is 0 Å². The zero-order valence-electron chi connectivity index (χ0n) is 32.3. The Morgan fingerprint density at radius 2 is 0.596 bits per heavy atom. The van der Waals surface area contributed by atoms with E-state index in [1.165, 1.54) is 93.2 Å². The molecule has 8 aromatic carbocycles. The largest absolute Gasteiger partial charge is 0.0616 e. The minimum Gasteiger partial charge on any atom is -0.0616 e. The highest BCUT2D eigenvalue weighted by Crippen LogP contribution is 2.48. The maximum absolute atomic E-state index is 2.50. The monoisotopic (exact) mass is 674 g/mol. The molecule has 0 N–H and O–H groups in total. The molecule has 0 unspecified atom stereocenters. The van der Waals surface area contributed by atoms with Crippen LogP contribution in [0.25, 0.3) is 76.5 Å². The van der Waals surface area contributed by atoms with Crippen LogP contribution in [0.4, 0.5) is 0 Å². The lowest BCUT2D eigenvalue weighted by Gasteiger charge is -2.26. The standard InChI is InChI=1S/C52H50/c1-50(2,3)37-22-25-43-36(30-37)29-35-18-12-15-21-42(35)49(43)47-32-39(52(7,8)9)24-27-45(47)44-26-23-38(51(4,5)6)31-46(44)48-40-19-13-10-16-33(40)28-34-17-11-14-20-41(34)48/h10-32H,1-9H3. The van der Waals surface area contributed by atoms with Crippen molar-refractivity contribution in [3.8, 4) is 33.4 Å². The van der Waals surface area contributed by atoms with E-state index in [1.807, 2.05) is 0 Å². The molecule has 0 heteroatoms. The van der Waals surface area contributed by atoms with Gasteiger partial charge in [0.25, 0.3) is 0 Å². The van der Waals surface area contributed by atoms with Gasteiger partial charge < -0.3 is 0 Å². The quantitative estimate of drug-likeness (QED) is 0.164. The third-order valence-electron chi connectivity index (χ3n) is 11.1. The Morgan fingerprint density at radius 3 is 1.00 bits per heavy atom. The van der Waals surface area contributed by atoms with E-state index in [0.29, 0.717) is 0 Å². The van der Waals surface area contributed by atoms with Gasteiger partial charge >= 0.3 is 0 Å². The molecule has 0 aliphatic carbocycles. The average Bonchev–Trinajstić information content (AvgIpc) is 3.11. The van der Waals surface area contributed by atoms with Crippen LogP contribution in [0.1, 0.15) is 79.0 Å². The summed E-state index contributed by atoms with van der Waals surface area (Å²) in [6.45, 7) is 20.9. The molecule has 0 aromatic heterocycles. The van der Waals surface area contributed by atoms with Crippen molar-refractivity contribution >= 4 is 43.1 Å². The van der Waals surface area contributed by atoms with Crippen LogP contribution < -0.4 is 0 Å². The molecule has 0 heterocycles. The van der Waals surface area contributed by atoms with Crippen molar-refractivity contribution < 1.29 is 0 Å². The molecule has 0 fully saturated rings. The van der Waals surface area contributed by atoms with Crippen molar-refractivity contribution in [2.45, 2.75) is 78.6 Å². The Labute approximate surface area is 310 Å². The number of hydrogen-bond acceptors (Lipinski definition) is 0. The van der Waals surface area contributed by atoms with E-state index in [0.717, 1.165) is 0 Å². The SMILES string of the molecule is CC(C)(C)c1ccc(-c2ccc(C(C)(C)C)cc2-c2c3ccccc3cc3cc(C(C)(C)C)ccc23)c(-c2c3ccccc3cc3ccccc23)c1. The fraction of sp³-hybridized carbons (Fsp3) is 0.231. The summed E-state index contributed by atoms with van der Waals surface area (Å²) in [6.07, 6.45) is 0. The predicted octanol–water partition coefficient (Wildman–Crippen LogP) is 15.2. The van der Waals surface area contributed by atoms with E-state index in [-0.39, 0.29) is 16.2 Å². The van der Waals surface area contributed by atoms with Gasteiger partial charge in [-0.2, -0.15) is 0 Å². The van der Waals surface area contributed by atoms with E-state index in [2.05, 4.69) is 202 Å². The highest BCUT2D eigenvalue weighted by atomic mass is 14.3. The minimum atomic E-state index is -0.0160. The number of benzene rings is 8. The smallest absolute Gasteiger partial charge is 0.00205 e. The van der Waals surface area contributed by atoms with E-state index < -0.39 is 0 Å². The summed E-state index contributed by atoms with van der Waals surface area (Å²) in [5, 5.41) is 10.2. The third-order valence-corrected chi connectivity index (χ3v) is 11.1. The molecule has 8 aromatic rings. The maximum Gasteiger partial charge on any atom is -0.00205 e. The maximum atomic E-state index is 2.50. The van der Waals surface area contributed by atoms with Crippen LogP contribution in [-0.2, 0) is 16.2 Å². The molecule has 52 heavy (non-hydrogen) atoms. The number of hydrogen-bond donors (Lipinski definition) is 0. The summed E-state index contributed by atoms with van der Waals surface area (Å²) >= 11 is 0. The summed E-state index contributed by atoms with van der Waals surface area (Å²) in [4.78, 5) is 0. The lowest BCUT2D eigenvalue weighted by molar-refractivity contribution is 0.590. The van der Waals surface area contributed by atoms with E-state index in [4.69, 9.17) is 0 Å². The second-order valence-electron chi connectivity index (χ2n) is 17.9. The molecule has 0 saturated carbocycles. The lowest BCUT2D eigenvalue weighted by Crippen LogP contribution is -2.12. The van der Waals surface area contributed by atoms with Gasteiger partial charge in [-0.25, -0.2) is 0 Å². The fourth-order valence-corrected chi connectivity index (χ4v) is 8.04. The van der Waals surface area contributed by atoms with Crippen molar-refractivity contribution in [2.24, 2.45) is 0 Å². The van der Waals surface area contributed by atoms with E-state index >= 15 is 0 Å². The first kappa shape index (κ1) is 33.9. The summed E-state index contributed by atoms with van der Waals surface area (Å²) in [7, 11) is 0. The van der Waals surface area contributed by atoms with Gasteiger partial charge in [-0.15, -0.1) is 0 Å². The van der Waals surface area contributed by atoms with Crippen LogP contribution in [-0.4, -0.2) is 0 Å². The molecule has 0 aliphatic rings. The Bertz CT molecular complexity index is 2610. The summed E-state index contributed by atoms with van der Waals surface area (Å²) in [5.74, 6) is 0. The first-order valence-electron chi connectivity index (χ1n) is 18.9. The van der Waals surface area contributed by atoms with Crippen molar-refractivity contribution in [1.82, 2.24) is 0 Å². The Hall–Kier alpha value is -5.20. The predicted molar refractivity (Wildman–Crippen MR) is 229 cm³/mol. The summed E-state index contributed by atoms with van der Waals surface area (Å²) in [5.41, 5.74) is 11.8. The molecule has 0 amide bonds. The molecule has 0 saturated heterocycles. The molecule has 0 spiro atoms. The van der Waals surface area contributed by atoms with Crippen LogP contribution in [0.3, 0.4) is 0 Å². The van der Waals surface area contributed by atoms with Gasteiger partial charge in [0.2, 0.25) is 0 Å². The first-order chi connectivity index (χ1) is 24.7. The van der Waals surface area contributed by atoms with Crippen molar-refractivity contribution in [3.63, 3.8) is 0 Å². The fourth-order valence-electron chi connectivity index (χ4n) is 8.04. The Morgan fingerprint density at radius 1 is 0.269 bits per heavy atom. The van der Waals surface area contributed by atoms with Crippen LogP contribution in [0.2, 0.25) is 0 Å². The van der Waals surface area contributed by atoms with Crippen LogP contribution in [0.15, 0.2) is 140 Å². The molecular weight excluding hydrogens is 625 g/mol. The number of fused-ring (bicyclic) bond motifs is 4. The highest BCUT2D eigenvalue weighted by Gasteiger charge is 2.25. The van der Waals surface area contributed by atoms with Crippen molar-refractivity contribution in [3.05, 3.63) is 156 Å². The molecule has 0 nitrogen and oxygen atoms in total. The first-order valence-corrected chi connectivity index (χ1v) is 18.9.